The highest BCUT2D eigenvalue weighted by Crippen LogP contribution is 2.20. The topological polar surface area (TPSA) is 41.1 Å². The minimum atomic E-state index is 0. The van der Waals surface area contributed by atoms with Crippen LogP contribution in [0, 0.1) is 5.92 Å². The summed E-state index contributed by atoms with van der Waals surface area (Å²) in [6.07, 6.45) is 7.99. The maximum Gasteiger partial charge on any atom is 0.220 e. The van der Waals surface area contributed by atoms with E-state index in [2.05, 4.69) is 10.6 Å². The molecule has 2 fully saturated rings. The molecule has 1 aliphatic carbocycles. The fourth-order valence-electron chi connectivity index (χ4n) is 2.36. The number of carbonyl (C=O) groups is 1. The molecule has 2 N–H and O–H groups in total. The zero-order valence-corrected chi connectivity index (χ0v) is 10.7. The van der Waals surface area contributed by atoms with E-state index in [0.717, 1.165) is 31.8 Å². The summed E-state index contributed by atoms with van der Waals surface area (Å²) < 4.78 is 0. The summed E-state index contributed by atoms with van der Waals surface area (Å²) in [6.45, 7) is 2.27. The molecule has 0 atom stereocenters. The van der Waals surface area contributed by atoms with Crippen molar-refractivity contribution in [2.75, 3.05) is 13.1 Å². The molecule has 0 aromatic rings. The highest BCUT2D eigenvalue weighted by molar-refractivity contribution is 5.85. The fourth-order valence-corrected chi connectivity index (χ4v) is 2.36. The lowest BCUT2D eigenvalue weighted by Crippen LogP contribution is -2.39. The largest absolute Gasteiger partial charge is 0.353 e. The second kappa shape index (κ2) is 7.13. The Morgan fingerprint density at radius 3 is 2.44 bits per heavy atom. The maximum atomic E-state index is 11.6. The van der Waals surface area contributed by atoms with Crippen molar-refractivity contribution in [3.8, 4) is 0 Å². The second-order valence-corrected chi connectivity index (χ2v) is 4.93. The molecular formula is C12H23ClN2O. The Balaban J connectivity index is 0.00000128. The molecule has 0 spiro atoms. The number of hydrogen-bond donors (Lipinski definition) is 2. The van der Waals surface area contributed by atoms with Gasteiger partial charge in [-0.1, -0.05) is 0 Å². The van der Waals surface area contributed by atoms with Crippen LogP contribution in [0.3, 0.4) is 0 Å². The molecule has 3 nitrogen and oxygen atoms in total. The summed E-state index contributed by atoms with van der Waals surface area (Å²) in [7, 11) is 0. The molecule has 0 aromatic heterocycles. The average molecular weight is 247 g/mol. The third-order valence-electron chi connectivity index (χ3n) is 3.71. The zero-order chi connectivity index (χ0) is 10.5. The van der Waals surface area contributed by atoms with Crippen LogP contribution >= 0.6 is 12.4 Å². The SMILES string of the molecule is Cl.O=C(CCC1CCNCC1)NC1CCC1. The van der Waals surface area contributed by atoms with Crippen molar-refractivity contribution >= 4 is 18.3 Å². The molecule has 0 unspecified atom stereocenters. The van der Waals surface area contributed by atoms with Crippen molar-refractivity contribution in [3.05, 3.63) is 0 Å². The first-order valence-electron chi connectivity index (χ1n) is 6.34. The number of halogens is 1. The first-order chi connectivity index (χ1) is 7.34. The zero-order valence-electron chi connectivity index (χ0n) is 9.84. The van der Waals surface area contributed by atoms with Crippen LogP contribution in [-0.4, -0.2) is 25.0 Å². The minimum Gasteiger partial charge on any atom is -0.353 e. The molecule has 0 bridgehead atoms. The van der Waals surface area contributed by atoms with E-state index < -0.39 is 0 Å². The molecule has 1 saturated carbocycles. The number of hydrogen-bond acceptors (Lipinski definition) is 2. The molecule has 2 rings (SSSR count). The predicted octanol–water partition coefficient (Wildman–Crippen LogP) is 1.86. The first-order valence-corrected chi connectivity index (χ1v) is 6.34. The molecular weight excluding hydrogens is 224 g/mol. The Labute approximate surface area is 104 Å². The highest BCUT2D eigenvalue weighted by Gasteiger charge is 2.20. The van der Waals surface area contributed by atoms with Crippen LogP contribution < -0.4 is 10.6 Å². The maximum absolute atomic E-state index is 11.6. The monoisotopic (exact) mass is 246 g/mol. The summed E-state index contributed by atoms with van der Waals surface area (Å²) in [6, 6.07) is 0.505. The molecule has 0 radical (unpaired) electrons. The van der Waals surface area contributed by atoms with Gasteiger partial charge in [-0.3, -0.25) is 4.79 Å². The van der Waals surface area contributed by atoms with Gasteiger partial charge < -0.3 is 10.6 Å². The summed E-state index contributed by atoms with van der Waals surface area (Å²) in [5.74, 6) is 1.05. The van der Waals surface area contributed by atoms with Crippen LogP contribution in [0.2, 0.25) is 0 Å². The van der Waals surface area contributed by atoms with Crippen molar-refractivity contribution in [2.45, 2.75) is 51.0 Å². The van der Waals surface area contributed by atoms with Gasteiger partial charge in [0.25, 0.3) is 0 Å². The molecule has 1 saturated heterocycles. The van der Waals surface area contributed by atoms with Crippen molar-refractivity contribution in [3.63, 3.8) is 0 Å². The van der Waals surface area contributed by atoms with Gasteiger partial charge in [-0.25, -0.2) is 0 Å². The smallest absolute Gasteiger partial charge is 0.220 e. The Kier molecular flexibility index (Phi) is 6.14. The predicted molar refractivity (Wildman–Crippen MR) is 67.9 cm³/mol. The number of piperidine rings is 1. The minimum absolute atomic E-state index is 0. The number of amides is 1. The van der Waals surface area contributed by atoms with Crippen LogP contribution in [0.1, 0.15) is 44.9 Å². The summed E-state index contributed by atoms with van der Waals surface area (Å²) >= 11 is 0. The van der Waals surface area contributed by atoms with Gasteiger partial charge in [-0.2, -0.15) is 0 Å². The molecule has 0 aromatic carbocycles. The van der Waals surface area contributed by atoms with Crippen molar-refractivity contribution in [2.24, 2.45) is 5.92 Å². The van der Waals surface area contributed by atoms with Crippen molar-refractivity contribution in [1.29, 1.82) is 0 Å². The Bertz CT molecular complexity index is 213. The van der Waals surface area contributed by atoms with Gasteiger partial charge in [0.15, 0.2) is 0 Å². The van der Waals surface area contributed by atoms with Crippen LogP contribution in [0.15, 0.2) is 0 Å². The van der Waals surface area contributed by atoms with Gasteiger partial charge in [-0.15, -0.1) is 12.4 Å². The van der Waals surface area contributed by atoms with Crippen molar-refractivity contribution < 1.29 is 4.79 Å². The Morgan fingerprint density at radius 2 is 1.88 bits per heavy atom. The second-order valence-electron chi connectivity index (χ2n) is 4.93. The average Bonchev–Trinajstić information content (AvgIpc) is 2.22. The van der Waals surface area contributed by atoms with E-state index in [1.54, 1.807) is 0 Å². The van der Waals surface area contributed by atoms with Crippen LogP contribution in [0.4, 0.5) is 0 Å². The summed E-state index contributed by atoms with van der Waals surface area (Å²) in [5, 5.41) is 6.45. The lowest BCUT2D eigenvalue weighted by molar-refractivity contribution is -0.122. The van der Waals surface area contributed by atoms with Gasteiger partial charge in [0.1, 0.15) is 0 Å². The molecule has 1 heterocycles. The Morgan fingerprint density at radius 1 is 1.19 bits per heavy atom. The Hall–Kier alpha value is -0.280. The molecule has 1 amide bonds. The van der Waals surface area contributed by atoms with Crippen LogP contribution in [0.5, 0.6) is 0 Å². The van der Waals surface area contributed by atoms with Crippen molar-refractivity contribution in [1.82, 2.24) is 10.6 Å². The van der Waals surface area contributed by atoms with E-state index in [1.165, 1.54) is 32.1 Å². The molecule has 94 valence electrons. The number of rotatable bonds is 4. The number of carbonyl (C=O) groups excluding carboxylic acids is 1. The molecule has 1 aliphatic heterocycles. The van der Waals surface area contributed by atoms with Gasteiger partial charge >= 0.3 is 0 Å². The quantitative estimate of drug-likeness (QED) is 0.795. The third kappa shape index (κ3) is 4.30. The van der Waals surface area contributed by atoms with E-state index in [0.29, 0.717) is 6.04 Å². The summed E-state index contributed by atoms with van der Waals surface area (Å²) in [4.78, 5) is 11.6. The molecule has 16 heavy (non-hydrogen) atoms. The van der Waals surface area contributed by atoms with Gasteiger partial charge in [-0.05, 0) is 57.5 Å². The number of nitrogens with one attached hydrogen (secondary N) is 2. The fraction of sp³-hybridized carbons (Fsp3) is 0.917. The van der Waals surface area contributed by atoms with Gasteiger partial charge in [0, 0.05) is 12.5 Å². The van der Waals surface area contributed by atoms with E-state index >= 15 is 0 Å². The summed E-state index contributed by atoms with van der Waals surface area (Å²) in [5.41, 5.74) is 0. The van der Waals surface area contributed by atoms with E-state index in [9.17, 15) is 4.79 Å². The highest BCUT2D eigenvalue weighted by atomic mass is 35.5. The van der Waals surface area contributed by atoms with Crippen LogP contribution in [-0.2, 0) is 4.79 Å². The first kappa shape index (κ1) is 13.8. The van der Waals surface area contributed by atoms with Crippen LogP contribution in [0.25, 0.3) is 0 Å². The normalized spacial score (nSPS) is 22.0. The van der Waals surface area contributed by atoms with Gasteiger partial charge in [0.05, 0.1) is 0 Å². The van der Waals surface area contributed by atoms with E-state index in [4.69, 9.17) is 0 Å². The van der Waals surface area contributed by atoms with Gasteiger partial charge in [0.2, 0.25) is 5.91 Å². The third-order valence-corrected chi connectivity index (χ3v) is 3.71. The standard InChI is InChI=1S/C12H22N2O.ClH/c15-12(14-11-2-1-3-11)5-4-10-6-8-13-9-7-10;/h10-11,13H,1-9H2,(H,14,15);1H. The molecule has 2 aliphatic rings. The van der Waals surface area contributed by atoms with E-state index in [1.807, 2.05) is 0 Å². The van der Waals surface area contributed by atoms with E-state index in [-0.39, 0.29) is 18.3 Å². The molecule has 4 heteroatoms. The lowest BCUT2D eigenvalue weighted by Gasteiger charge is -2.27. The lowest BCUT2D eigenvalue weighted by atomic mass is 9.91.